The molecule has 2 spiro atoms. The minimum atomic E-state index is -0.323. The number of aromatic amines is 1. The second-order valence-corrected chi connectivity index (χ2v) is 19.4. The molecule has 10 nitrogen and oxygen atoms in total. The number of hydrogen-bond donors (Lipinski definition) is 1. The van der Waals surface area contributed by atoms with Crippen LogP contribution in [0.15, 0.2) is 37.1 Å². The topological polar surface area (TPSA) is 93.7 Å². The van der Waals surface area contributed by atoms with Crippen molar-refractivity contribution < 1.29 is 13.9 Å². The molecule has 1 N–H and O–H groups in total. The number of hydrogen-bond acceptors (Lipinski definition) is 8. The van der Waals surface area contributed by atoms with Gasteiger partial charge in [0.1, 0.15) is 0 Å². The van der Waals surface area contributed by atoms with E-state index in [9.17, 15) is 4.79 Å². The van der Waals surface area contributed by atoms with Crippen LogP contribution in [-0.4, -0.2) is 101 Å². The summed E-state index contributed by atoms with van der Waals surface area (Å²) in [5.41, 5.74) is 7.69. The number of benzene rings is 2. The summed E-state index contributed by atoms with van der Waals surface area (Å²) < 4.78 is 22.9. The molecule has 52 heavy (non-hydrogen) atoms. The molecule has 2 aromatic carbocycles. The third kappa shape index (κ3) is 5.66. The number of nitrogens with one attached hydrogen (secondary N) is 1. The van der Waals surface area contributed by atoms with Gasteiger partial charge in [-0.05, 0) is 24.3 Å². The first kappa shape index (κ1) is 33.4. The number of halogens is 1. The number of likely N-dealkylation sites (tertiary alicyclic amines) is 2. The zero-order valence-corrected chi connectivity index (χ0v) is 31.7. The molecule has 14 heteroatoms. The molecule has 0 unspecified atom stereocenters. The van der Waals surface area contributed by atoms with E-state index >= 15 is 4.39 Å². The van der Waals surface area contributed by atoms with Gasteiger partial charge in [-0.25, -0.2) is 0 Å². The molecule has 266 valence electrons. The quantitative estimate of drug-likeness (QED) is 0.146. The predicted octanol–water partition coefficient (Wildman–Crippen LogP) is 7.56. The van der Waals surface area contributed by atoms with Crippen molar-refractivity contribution in [2.45, 2.75) is 50.5 Å². The molecule has 6 heterocycles. The SMILES string of the molecule is C=CC(=O)N1CC2(CCN(c3nc(N4CC(N5CC6(CC6)C5)C4)nc4c(OCC#P=P#P)c(-c5c(F)ccc6cn[nH]c56)c(C5CC5)cc34)CC2)C1. The van der Waals surface area contributed by atoms with Crippen LogP contribution in [0.5, 0.6) is 5.75 Å². The summed E-state index contributed by atoms with van der Waals surface area (Å²) in [5, 5.41) is 9.16. The number of aromatic nitrogens is 4. The van der Waals surface area contributed by atoms with Crippen molar-refractivity contribution in [1.29, 1.82) is 0 Å². The minimum absolute atomic E-state index is 0.0129. The summed E-state index contributed by atoms with van der Waals surface area (Å²) in [6.07, 6.45) is 9.92. The van der Waals surface area contributed by atoms with Gasteiger partial charge in [0, 0.05) is 0 Å². The van der Waals surface area contributed by atoms with E-state index in [-0.39, 0.29) is 29.7 Å². The number of anilines is 2. The second-order valence-electron chi connectivity index (χ2n) is 15.9. The molecular weight excluding hydrogens is 712 g/mol. The molecule has 1 amide bonds. The first-order chi connectivity index (χ1) is 25.4. The van der Waals surface area contributed by atoms with Crippen LogP contribution in [-0.2, 0) is 4.79 Å². The maximum absolute atomic E-state index is 16.2. The molecule has 0 atom stereocenters. The number of ether oxygens (including phenoxy) is 1. The molecular formula is C38H40FN8O2P3. The molecule has 0 bridgehead atoms. The Morgan fingerprint density at radius 3 is 2.56 bits per heavy atom. The standard InChI is InChI=1S/C38H40FN8O2P3/c1-2-29(48)47-21-38(22-47)9-11-44(12-10-38)35-27-15-26(23-3-4-23)30(31-28(39)6-5-24-16-40-43-32(24)31)34(49-13-14-51-52-50)33(27)41-36(42-35)45-17-25(18-45)46-19-37(20-46)7-8-37/h2,5-6,15-16,23,25H,1,3-4,7-13,17-22H2,(H,40,43). The van der Waals surface area contributed by atoms with E-state index in [1.807, 2.05) is 4.90 Å². The number of piperidine rings is 1. The molecule has 6 aliphatic rings. The van der Waals surface area contributed by atoms with E-state index < -0.39 is 0 Å². The molecule has 4 saturated heterocycles. The van der Waals surface area contributed by atoms with Crippen LogP contribution in [0.3, 0.4) is 0 Å². The maximum atomic E-state index is 16.2. The molecule has 2 saturated carbocycles. The van der Waals surface area contributed by atoms with E-state index in [2.05, 4.69) is 51.5 Å². The van der Waals surface area contributed by atoms with Gasteiger partial charge in [0.2, 0.25) is 5.91 Å². The van der Waals surface area contributed by atoms with Gasteiger partial charge in [0.15, 0.2) is 0 Å². The Balaban J connectivity index is 1.10. The summed E-state index contributed by atoms with van der Waals surface area (Å²) in [7, 11) is 5.26. The zero-order chi connectivity index (χ0) is 35.2. The summed E-state index contributed by atoms with van der Waals surface area (Å²) >= 11 is 0. The van der Waals surface area contributed by atoms with Crippen molar-refractivity contribution in [3.8, 4) is 22.5 Å². The Morgan fingerprint density at radius 2 is 1.85 bits per heavy atom. The molecule has 4 aromatic rings. The van der Waals surface area contributed by atoms with Crippen molar-refractivity contribution in [2.24, 2.45) is 10.8 Å². The van der Waals surface area contributed by atoms with E-state index in [1.165, 1.54) is 38.1 Å². The van der Waals surface area contributed by atoms with Crippen LogP contribution < -0.4 is 14.5 Å². The summed E-state index contributed by atoms with van der Waals surface area (Å²) in [6, 6.07) is 6.04. The van der Waals surface area contributed by atoms with Crippen molar-refractivity contribution in [3.05, 3.63) is 48.4 Å². The zero-order valence-electron chi connectivity index (χ0n) is 29.0. The van der Waals surface area contributed by atoms with Crippen molar-refractivity contribution in [2.75, 3.05) is 68.8 Å². The van der Waals surface area contributed by atoms with Gasteiger partial charge in [-0.3, -0.25) is 4.79 Å². The summed E-state index contributed by atoms with van der Waals surface area (Å²) in [5.74, 6) is 2.16. The number of amides is 1. The third-order valence-corrected chi connectivity index (χ3v) is 14.4. The molecule has 2 aromatic heterocycles. The van der Waals surface area contributed by atoms with Crippen LogP contribution in [0.25, 0.3) is 32.9 Å². The fraction of sp³-hybridized carbons (Fsp3) is 0.500. The number of carbonyl (C=O) groups is 1. The van der Waals surface area contributed by atoms with Gasteiger partial charge >= 0.3 is 261 Å². The summed E-state index contributed by atoms with van der Waals surface area (Å²) in [6.45, 7) is 12.2. The van der Waals surface area contributed by atoms with Crippen LogP contribution in [0.2, 0.25) is 0 Å². The average molecular weight is 753 g/mol. The first-order valence-electron chi connectivity index (χ1n) is 18.4. The van der Waals surface area contributed by atoms with Gasteiger partial charge in [0.05, 0.1) is 0 Å². The molecule has 0 radical (unpaired) electrons. The van der Waals surface area contributed by atoms with Gasteiger partial charge < -0.3 is 4.90 Å². The van der Waals surface area contributed by atoms with Gasteiger partial charge in [-0.15, -0.1) is 0 Å². The number of rotatable bonds is 8. The number of fused-ring (bicyclic) bond motifs is 2. The van der Waals surface area contributed by atoms with E-state index in [0.717, 1.165) is 107 Å². The number of H-pyrrole nitrogens is 1. The Labute approximate surface area is 306 Å². The average Bonchev–Trinajstić information content (AvgIpc) is 4.05. The fourth-order valence-electron chi connectivity index (χ4n) is 9.10. The van der Waals surface area contributed by atoms with E-state index in [4.69, 9.17) is 14.7 Å². The molecule has 4 aliphatic heterocycles. The van der Waals surface area contributed by atoms with Gasteiger partial charge in [-0.1, -0.05) is 6.58 Å². The van der Waals surface area contributed by atoms with Crippen molar-refractivity contribution in [3.63, 3.8) is 0 Å². The van der Waals surface area contributed by atoms with Crippen LogP contribution >= 0.6 is 22.6 Å². The Kier molecular flexibility index (Phi) is 8.16. The van der Waals surface area contributed by atoms with Crippen molar-refractivity contribution in [1.82, 2.24) is 30.0 Å². The Morgan fingerprint density at radius 1 is 1.08 bits per heavy atom. The van der Waals surface area contributed by atoms with Gasteiger partial charge in [0.25, 0.3) is 0 Å². The number of nitrogens with zero attached hydrogens (tertiary/aromatic N) is 7. The normalized spacial score (nSPS) is 21.8. The monoisotopic (exact) mass is 752 g/mol. The fourth-order valence-corrected chi connectivity index (χ4v) is 10.2. The first-order valence-corrected chi connectivity index (χ1v) is 22.1. The Hall–Kier alpha value is -3.18. The van der Waals surface area contributed by atoms with Crippen LogP contribution in [0.1, 0.15) is 50.0 Å². The van der Waals surface area contributed by atoms with E-state index in [0.29, 0.717) is 39.8 Å². The van der Waals surface area contributed by atoms with Gasteiger partial charge in [-0.2, -0.15) is 0 Å². The van der Waals surface area contributed by atoms with E-state index in [1.54, 1.807) is 12.3 Å². The second kappa shape index (κ2) is 12.7. The number of carbonyl (C=O) groups excluding carboxylic acids is 1. The predicted molar refractivity (Wildman–Crippen MR) is 207 cm³/mol. The summed E-state index contributed by atoms with van der Waals surface area (Å²) in [4.78, 5) is 32.2. The molecule has 2 aliphatic carbocycles. The van der Waals surface area contributed by atoms with Crippen molar-refractivity contribution >= 4 is 62.1 Å². The third-order valence-electron chi connectivity index (χ3n) is 12.5. The van der Waals surface area contributed by atoms with Crippen LogP contribution in [0, 0.1) is 22.3 Å². The van der Waals surface area contributed by atoms with Crippen LogP contribution in [0.4, 0.5) is 16.2 Å². The Bertz CT molecular complexity index is 2360. The molecule has 6 fully saturated rings. The molecule has 10 rings (SSSR count).